The van der Waals surface area contributed by atoms with Gasteiger partial charge < -0.3 is 15.1 Å². The van der Waals surface area contributed by atoms with Crippen LogP contribution in [0.3, 0.4) is 0 Å². The summed E-state index contributed by atoms with van der Waals surface area (Å²) in [6, 6.07) is 14.0. The minimum Gasteiger partial charge on any atom is -0.475 e. The van der Waals surface area contributed by atoms with Gasteiger partial charge in [-0.15, -0.1) is 0 Å². The lowest BCUT2D eigenvalue weighted by molar-refractivity contribution is -0.193. The first-order valence-corrected chi connectivity index (χ1v) is 11.2. The molecule has 2 atom stereocenters. The highest BCUT2D eigenvalue weighted by atomic mass is 35.5. The first-order chi connectivity index (χ1) is 17.6. The van der Waals surface area contributed by atoms with Crippen LogP contribution in [-0.4, -0.2) is 80.9 Å². The molecule has 1 amide bonds. The smallest absolute Gasteiger partial charge is 0.475 e. The number of amides is 1. The predicted molar refractivity (Wildman–Crippen MR) is 121 cm³/mol. The summed E-state index contributed by atoms with van der Waals surface area (Å²) in [5, 5.41) is 15.0. The minimum atomic E-state index is -5.08. The molecule has 208 valence electrons. The number of carbonyl (C=O) groups is 3. The number of likely N-dealkylation sites (tertiary alicyclic amines) is 2. The molecule has 2 saturated heterocycles. The maximum Gasteiger partial charge on any atom is 0.490 e. The van der Waals surface area contributed by atoms with Crippen molar-refractivity contribution in [2.45, 2.75) is 31.4 Å². The monoisotopic (exact) mass is 569 g/mol. The molecule has 0 spiro atoms. The lowest BCUT2D eigenvalue weighted by atomic mass is 9.92. The van der Waals surface area contributed by atoms with E-state index < -0.39 is 24.3 Å². The van der Waals surface area contributed by atoms with Crippen LogP contribution in [0.5, 0.6) is 0 Å². The number of fused-ring (bicyclic) bond motifs is 1. The van der Waals surface area contributed by atoms with E-state index in [1.54, 1.807) is 0 Å². The van der Waals surface area contributed by atoms with Crippen molar-refractivity contribution in [2.75, 3.05) is 19.6 Å². The van der Waals surface area contributed by atoms with Crippen LogP contribution in [0.1, 0.15) is 11.3 Å². The van der Waals surface area contributed by atoms with E-state index in [2.05, 4.69) is 16.0 Å². The van der Waals surface area contributed by atoms with E-state index in [1.165, 1.54) is 0 Å². The standard InChI is InChI=1S/C19H20ClN3O.2C2HF3O2/c20-16-6-4-14(5-7-16)9-19(24)23-11-15-10-22(18(15)13-23)12-17-3-1-2-8-21-17;2*3-2(4,5)1(6)7/h1-8,15,18H,9-13H2;2*(H,6,7). The number of hydrogen-bond donors (Lipinski definition) is 2. The van der Waals surface area contributed by atoms with Crippen LogP contribution in [0.2, 0.25) is 5.02 Å². The van der Waals surface area contributed by atoms with Crippen molar-refractivity contribution >= 4 is 29.4 Å². The van der Waals surface area contributed by atoms with Gasteiger partial charge in [-0.1, -0.05) is 29.8 Å². The van der Waals surface area contributed by atoms with Crippen LogP contribution in [0.4, 0.5) is 26.3 Å². The Morgan fingerprint density at radius 1 is 0.895 bits per heavy atom. The second-order valence-electron chi connectivity index (χ2n) is 8.29. The molecule has 2 fully saturated rings. The Hall–Kier alpha value is -3.39. The maximum atomic E-state index is 12.5. The molecule has 2 unspecified atom stereocenters. The Kier molecular flexibility index (Phi) is 10.5. The average Bonchev–Trinajstić information content (AvgIpc) is 3.16. The van der Waals surface area contributed by atoms with Crippen LogP contribution in [0, 0.1) is 5.92 Å². The topological polar surface area (TPSA) is 111 Å². The Bertz CT molecular complexity index is 1080. The third-order valence-corrected chi connectivity index (χ3v) is 5.79. The van der Waals surface area contributed by atoms with Gasteiger partial charge in [-0.3, -0.25) is 14.7 Å². The number of carbonyl (C=O) groups excluding carboxylic acids is 1. The Balaban J connectivity index is 0.000000301. The van der Waals surface area contributed by atoms with Gasteiger partial charge in [0.15, 0.2) is 0 Å². The number of alkyl halides is 6. The molecule has 2 aromatic rings. The summed E-state index contributed by atoms with van der Waals surface area (Å²) in [6.45, 7) is 3.66. The molecule has 8 nitrogen and oxygen atoms in total. The van der Waals surface area contributed by atoms with Crippen molar-refractivity contribution in [3.05, 3.63) is 64.9 Å². The number of aliphatic carboxylic acids is 2. The van der Waals surface area contributed by atoms with Crippen molar-refractivity contribution < 1.29 is 50.9 Å². The van der Waals surface area contributed by atoms with E-state index >= 15 is 0 Å². The van der Waals surface area contributed by atoms with Gasteiger partial charge in [0.05, 0.1) is 12.1 Å². The van der Waals surface area contributed by atoms with Crippen LogP contribution in [-0.2, 0) is 27.3 Å². The molecule has 1 aromatic heterocycles. The molecule has 15 heteroatoms. The molecule has 3 heterocycles. The molecule has 4 rings (SSSR count). The summed E-state index contributed by atoms with van der Waals surface area (Å²) in [7, 11) is 0. The summed E-state index contributed by atoms with van der Waals surface area (Å²) in [4.78, 5) is 39.2. The van der Waals surface area contributed by atoms with Crippen molar-refractivity contribution in [1.29, 1.82) is 0 Å². The van der Waals surface area contributed by atoms with Gasteiger partial charge in [0.2, 0.25) is 5.91 Å². The number of carboxylic acid groups (broad SMARTS) is 2. The van der Waals surface area contributed by atoms with Crippen molar-refractivity contribution in [1.82, 2.24) is 14.8 Å². The maximum absolute atomic E-state index is 12.5. The van der Waals surface area contributed by atoms with Gasteiger partial charge in [0, 0.05) is 49.4 Å². The minimum absolute atomic E-state index is 0.213. The van der Waals surface area contributed by atoms with Crippen LogP contribution < -0.4 is 0 Å². The van der Waals surface area contributed by atoms with Gasteiger partial charge in [-0.2, -0.15) is 26.3 Å². The number of aromatic nitrogens is 1. The summed E-state index contributed by atoms with van der Waals surface area (Å²) in [5.41, 5.74) is 2.12. The van der Waals surface area contributed by atoms with E-state index in [9.17, 15) is 31.1 Å². The third-order valence-electron chi connectivity index (χ3n) is 5.54. The van der Waals surface area contributed by atoms with Gasteiger partial charge in [0.25, 0.3) is 0 Å². The largest absolute Gasteiger partial charge is 0.490 e. The van der Waals surface area contributed by atoms with E-state index in [4.69, 9.17) is 31.4 Å². The van der Waals surface area contributed by atoms with E-state index in [-0.39, 0.29) is 5.91 Å². The molecule has 0 aliphatic carbocycles. The number of rotatable bonds is 4. The zero-order valence-corrected chi connectivity index (χ0v) is 20.2. The normalized spacial score (nSPS) is 18.7. The van der Waals surface area contributed by atoms with Crippen LogP contribution in [0.25, 0.3) is 0 Å². The fourth-order valence-corrected chi connectivity index (χ4v) is 3.85. The molecular weight excluding hydrogens is 548 g/mol. The summed E-state index contributed by atoms with van der Waals surface area (Å²) >= 11 is 5.90. The Morgan fingerprint density at radius 3 is 1.92 bits per heavy atom. The zero-order valence-electron chi connectivity index (χ0n) is 19.4. The first-order valence-electron chi connectivity index (χ1n) is 10.8. The van der Waals surface area contributed by atoms with Crippen molar-refractivity contribution in [3.8, 4) is 0 Å². The number of nitrogens with zero attached hydrogens (tertiary/aromatic N) is 3. The highest BCUT2D eigenvalue weighted by molar-refractivity contribution is 6.30. The molecule has 2 aliphatic rings. The lowest BCUT2D eigenvalue weighted by Gasteiger charge is -2.43. The van der Waals surface area contributed by atoms with E-state index in [0.717, 1.165) is 37.4 Å². The molecule has 2 aliphatic heterocycles. The highest BCUT2D eigenvalue weighted by Gasteiger charge is 2.46. The molecule has 38 heavy (non-hydrogen) atoms. The van der Waals surface area contributed by atoms with Crippen LogP contribution in [0.15, 0.2) is 48.7 Å². The molecular formula is C23H22ClF6N3O5. The number of benzene rings is 1. The number of halogens is 7. The van der Waals surface area contributed by atoms with Gasteiger partial charge in [-0.05, 0) is 29.8 Å². The fourth-order valence-electron chi connectivity index (χ4n) is 3.72. The molecule has 0 saturated carbocycles. The van der Waals surface area contributed by atoms with Crippen molar-refractivity contribution in [3.63, 3.8) is 0 Å². The average molecular weight is 570 g/mol. The van der Waals surface area contributed by atoms with E-state index in [0.29, 0.717) is 23.4 Å². The first kappa shape index (κ1) is 30.8. The second-order valence-corrected chi connectivity index (χ2v) is 8.72. The Labute approximate surface area is 217 Å². The molecule has 2 N–H and O–H groups in total. The third kappa shape index (κ3) is 9.49. The summed E-state index contributed by atoms with van der Waals surface area (Å²) < 4.78 is 63.5. The Morgan fingerprint density at radius 2 is 1.45 bits per heavy atom. The number of hydrogen-bond acceptors (Lipinski definition) is 5. The molecule has 0 bridgehead atoms. The zero-order chi connectivity index (χ0) is 28.7. The fraction of sp³-hybridized carbons (Fsp3) is 0.391. The van der Waals surface area contributed by atoms with E-state index in [1.807, 2.05) is 47.5 Å². The summed E-state index contributed by atoms with van der Waals surface area (Å²) in [5.74, 6) is -4.69. The molecule has 1 aromatic carbocycles. The van der Waals surface area contributed by atoms with Crippen LogP contribution >= 0.6 is 11.6 Å². The summed E-state index contributed by atoms with van der Waals surface area (Å²) in [6.07, 6.45) is -7.87. The quantitative estimate of drug-likeness (QED) is 0.538. The second kappa shape index (κ2) is 12.9. The van der Waals surface area contributed by atoms with Gasteiger partial charge >= 0.3 is 24.3 Å². The highest BCUT2D eigenvalue weighted by Crippen LogP contribution is 2.33. The van der Waals surface area contributed by atoms with Gasteiger partial charge in [0.1, 0.15) is 0 Å². The molecule has 0 radical (unpaired) electrons. The SMILES string of the molecule is O=C(Cc1ccc(Cl)cc1)N1CC2CN(Cc3ccccn3)C2C1.O=C(O)C(F)(F)F.O=C(O)C(F)(F)F. The van der Waals surface area contributed by atoms with Gasteiger partial charge in [-0.25, -0.2) is 9.59 Å². The lowest BCUT2D eigenvalue weighted by Crippen LogP contribution is -2.54. The number of carboxylic acids is 2. The number of pyridine rings is 1. The predicted octanol–water partition coefficient (Wildman–Crippen LogP) is 3.89. The van der Waals surface area contributed by atoms with Crippen molar-refractivity contribution in [2.24, 2.45) is 5.92 Å².